The van der Waals surface area contributed by atoms with Gasteiger partial charge < -0.3 is 10.5 Å². The zero-order valence-electron chi connectivity index (χ0n) is 10.1. The molecule has 7 heteroatoms. The standard InChI is InChI=1S/C12H13BrN4O2/c13-10-3-1-9(2-4-10)8-19-12(18)7-17-6-11(5-14)15-16-17/h1-4,6H,5,7-8,14H2. The Morgan fingerprint density at radius 3 is 2.74 bits per heavy atom. The first-order valence-electron chi connectivity index (χ1n) is 5.66. The van der Waals surface area contributed by atoms with Crippen LogP contribution in [0.3, 0.4) is 0 Å². The largest absolute Gasteiger partial charge is 0.459 e. The number of aromatic nitrogens is 3. The van der Waals surface area contributed by atoms with Crippen LogP contribution in [0.25, 0.3) is 0 Å². The van der Waals surface area contributed by atoms with E-state index in [1.54, 1.807) is 6.20 Å². The quantitative estimate of drug-likeness (QED) is 0.837. The molecule has 0 saturated heterocycles. The van der Waals surface area contributed by atoms with Gasteiger partial charge in [0.15, 0.2) is 0 Å². The number of carbonyl (C=O) groups excluding carboxylic acids is 1. The Labute approximate surface area is 118 Å². The van der Waals surface area contributed by atoms with E-state index in [1.807, 2.05) is 24.3 Å². The first-order valence-corrected chi connectivity index (χ1v) is 6.46. The summed E-state index contributed by atoms with van der Waals surface area (Å²) in [5.74, 6) is -0.364. The van der Waals surface area contributed by atoms with Gasteiger partial charge in [-0.2, -0.15) is 0 Å². The lowest BCUT2D eigenvalue weighted by Gasteiger charge is -2.04. The number of nitrogens with zero attached hydrogens (tertiary/aromatic N) is 3. The Balaban J connectivity index is 1.82. The lowest BCUT2D eigenvalue weighted by Crippen LogP contribution is -2.14. The predicted octanol–water partition coefficient (Wildman–Crippen LogP) is 1.24. The number of benzene rings is 1. The molecule has 1 aromatic heterocycles. The molecular weight excluding hydrogens is 312 g/mol. The van der Waals surface area contributed by atoms with Crippen LogP contribution in [0, 0.1) is 0 Å². The minimum absolute atomic E-state index is 0.0313. The molecule has 0 saturated carbocycles. The van der Waals surface area contributed by atoms with E-state index < -0.39 is 0 Å². The molecular formula is C12H13BrN4O2. The molecule has 0 bridgehead atoms. The minimum atomic E-state index is -0.364. The average Bonchev–Trinajstić information content (AvgIpc) is 2.86. The molecule has 6 nitrogen and oxygen atoms in total. The van der Waals surface area contributed by atoms with Crippen molar-refractivity contribution >= 4 is 21.9 Å². The molecule has 19 heavy (non-hydrogen) atoms. The van der Waals surface area contributed by atoms with Gasteiger partial charge in [0.2, 0.25) is 0 Å². The summed E-state index contributed by atoms with van der Waals surface area (Å²) in [6.07, 6.45) is 1.63. The summed E-state index contributed by atoms with van der Waals surface area (Å²) >= 11 is 3.34. The van der Waals surface area contributed by atoms with E-state index in [9.17, 15) is 4.79 Å². The maximum absolute atomic E-state index is 11.6. The highest BCUT2D eigenvalue weighted by atomic mass is 79.9. The Bertz CT molecular complexity index is 553. The second-order valence-corrected chi connectivity index (χ2v) is 4.81. The summed E-state index contributed by atoms with van der Waals surface area (Å²) in [6, 6.07) is 7.57. The number of esters is 1. The SMILES string of the molecule is NCc1cn(CC(=O)OCc2ccc(Br)cc2)nn1. The van der Waals surface area contributed by atoms with Gasteiger partial charge in [0.25, 0.3) is 0 Å². The second-order valence-electron chi connectivity index (χ2n) is 3.90. The number of hydrogen-bond donors (Lipinski definition) is 1. The van der Waals surface area contributed by atoms with Crippen LogP contribution in [-0.2, 0) is 29.2 Å². The number of carbonyl (C=O) groups is 1. The van der Waals surface area contributed by atoms with Crippen LogP contribution >= 0.6 is 15.9 Å². The summed E-state index contributed by atoms with van der Waals surface area (Å²) in [6.45, 7) is 0.571. The summed E-state index contributed by atoms with van der Waals surface area (Å²) in [5.41, 5.74) is 6.97. The van der Waals surface area contributed by atoms with E-state index in [0.717, 1.165) is 10.0 Å². The smallest absolute Gasteiger partial charge is 0.328 e. The molecule has 1 heterocycles. The van der Waals surface area contributed by atoms with Crippen molar-refractivity contribution in [2.45, 2.75) is 19.7 Å². The summed E-state index contributed by atoms with van der Waals surface area (Å²) in [7, 11) is 0. The molecule has 0 fully saturated rings. The fourth-order valence-corrected chi connectivity index (χ4v) is 1.70. The van der Waals surface area contributed by atoms with Crippen LogP contribution in [0.4, 0.5) is 0 Å². The summed E-state index contributed by atoms with van der Waals surface area (Å²) in [5, 5.41) is 7.56. The number of ether oxygens (including phenoxy) is 1. The highest BCUT2D eigenvalue weighted by Crippen LogP contribution is 2.11. The minimum Gasteiger partial charge on any atom is -0.459 e. The van der Waals surface area contributed by atoms with E-state index in [0.29, 0.717) is 12.2 Å². The van der Waals surface area contributed by atoms with Gasteiger partial charge in [-0.25, -0.2) is 4.68 Å². The Hall–Kier alpha value is -1.73. The zero-order valence-corrected chi connectivity index (χ0v) is 11.7. The van der Waals surface area contributed by atoms with Crippen molar-refractivity contribution in [3.8, 4) is 0 Å². The van der Waals surface area contributed by atoms with Gasteiger partial charge >= 0.3 is 5.97 Å². The molecule has 0 aliphatic heterocycles. The highest BCUT2D eigenvalue weighted by molar-refractivity contribution is 9.10. The van der Waals surface area contributed by atoms with Crippen LogP contribution < -0.4 is 5.73 Å². The van der Waals surface area contributed by atoms with Gasteiger partial charge in [-0.15, -0.1) is 5.10 Å². The molecule has 1 aromatic carbocycles. The van der Waals surface area contributed by atoms with E-state index in [4.69, 9.17) is 10.5 Å². The van der Waals surface area contributed by atoms with E-state index in [1.165, 1.54) is 4.68 Å². The van der Waals surface area contributed by atoms with Crippen LogP contribution in [0.1, 0.15) is 11.3 Å². The first kappa shape index (κ1) is 13.7. The van der Waals surface area contributed by atoms with Crippen LogP contribution in [0.2, 0.25) is 0 Å². The molecule has 0 unspecified atom stereocenters. The molecule has 0 amide bonds. The fraction of sp³-hybridized carbons (Fsp3) is 0.250. The number of nitrogens with two attached hydrogens (primary N) is 1. The third-order valence-corrected chi connectivity index (χ3v) is 2.93. The summed E-state index contributed by atoms with van der Waals surface area (Å²) < 4.78 is 7.54. The molecule has 0 aliphatic carbocycles. The third-order valence-electron chi connectivity index (χ3n) is 2.40. The van der Waals surface area contributed by atoms with Crippen molar-refractivity contribution in [3.05, 3.63) is 46.2 Å². The number of hydrogen-bond acceptors (Lipinski definition) is 5. The monoisotopic (exact) mass is 324 g/mol. The Kier molecular flexibility index (Phi) is 4.64. The fourth-order valence-electron chi connectivity index (χ4n) is 1.43. The van der Waals surface area contributed by atoms with Crippen LogP contribution in [0.5, 0.6) is 0 Å². The normalized spacial score (nSPS) is 10.4. The van der Waals surface area contributed by atoms with Gasteiger partial charge in [-0.3, -0.25) is 4.79 Å². The Morgan fingerprint density at radius 1 is 1.37 bits per heavy atom. The summed E-state index contributed by atoms with van der Waals surface area (Å²) in [4.78, 5) is 11.6. The van der Waals surface area contributed by atoms with Gasteiger partial charge in [-0.05, 0) is 17.7 Å². The molecule has 2 N–H and O–H groups in total. The van der Waals surface area contributed by atoms with Crippen LogP contribution in [0.15, 0.2) is 34.9 Å². The van der Waals surface area contributed by atoms with Crippen molar-refractivity contribution in [1.82, 2.24) is 15.0 Å². The van der Waals surface area contributed by atoms with Gasteiger partial charge in [0.1, 0.15) is 13.2 Å². The van der Waals surface area contributed by atoms with Crippen molar-refractivity contribution < 1.29 is 9.53 Å². The molecule has 2 aromatic rings. The second kappa shape index (κ2) is 6.44. The lowest BCUT2D eigenvalue weighted by atomic mass is 10.2. The average molecular weight is 325 g/mol. The van der Waals surface area contributed by atoms with Gasteiger partial charge in [-0.1, -0.05) is 33.3 Å². The molecule has 0 atom stereocenters. The number of rotatable bonds is 5. The van der Waals surface area contributed by atoms with E-state index >= 15 is 0 Å². The predicted molar refractivity (Wildman–Crippen MR) is 71.9 cm³/mol. The van der Waals surface area contributed by atoms with Gasteiger partial charge in [0, 0.05) is 11.0 Å². The van der Waals surface area contributed by atoms with Gasteiger partial charge in [0.05, 0.1) is 11.9 Å². The molecule has 0 radical (unpaired) electrons. The molecule has 100 valence electrons. The van der Waals surface area contributed by atoms with Crippen molar-refractivity contribution in [1.29, 1.82) is 0 Å². The van der Waals surface area contributed by atoms with Crippen LogP contribution in [-0.4, -0.2) is 21.0 Å². The topological polar surface area (TPSA) is 83.0 Å². The van der Waals surface area contributed by atoms with E-state index in [-0.39, 0.29) is 19.1 Å². The zero-order chi connectivity index (χ0) is 13.7. The van der Waals surface area contributed by atoms with Crippen molar-refractivity contribution in [3.63, 3.8) is 0 Å². The Morgan fingerprint density at radius 2 is 2.11 bits per heavy atom. The van der Waals surface area contributed by atoms with Crippen molar-refractivity contribution in [2.24, 2.45) is 5.73 Å². The third kappa shape index (κ3) is 4.15. The van der Waals surface area contributed by atoms with Crippen molar-refractivity contribution in [2.75, 3.05) is 0 Å². The molecule has 0 spiro atoms. The number of halogens is 1. The highest BCUT2D eigenvalue weighted by Gasteiger charge is 2.07. The molecule has 0 aliphatic rings. The lowest BCUT2D eigenvalue weighted by molar-refractivity contribution is -0.145. The maximum Gasteiger partial charge on any atom is 0.328 e. The van der Waals surface area contributed by atoms with E-state index in [2.05, 4.69) is 26.2 Å². The maximum atomic E-state index is 11.6. The molecule has 2 rings (SSSR count). The first-order chi connectivity index (χ1) is 9.17.